The highest BCUT2D eigenvalue weighted by atomic mass is 16.2. The summed E-state index contributed by atoms with van der Waals surface area (Å²) >= 11 is 0. The van der Waals surface area contributed by atoms with Crippen LogP contribution in [0.5, 0.6) is 0 Å². The second-order valence-corrected chi connectivity index (χ2v) is 6.12. The molecular weight excluding hydrogens is 286 g/mol. The van der Waals surface area contributed by atoms with Crippen LogP contribution in [0.3, 0.4) is 0 Å². The van der Waals surface area contributed by atoms with Gasteiger partial charge in [0.2, 0.25) is 0 Å². The summed E-state index contributed by atoms with van der Waals surface area (Å²) in [5.74, 6) is 0.135. The van der Waals surface area contributed by atoms with Gasteiger partial charge in [0.25, 0.3) is 5.91 Å². The number of carbonyl (C=O) groups is 1. The molecule has 1 aliphatic rings. The Morgan fingerprint density at radius 3 is 2.43 bits per heavy atom. The molecule has 0 aliphatic carbocycles. The van der Waals surface area contributed by atoms with Gasteiger partial charge in [0, 0.05) is 24.4 Å². The van der Waals surface area contributed by atoms with E-state index in [2.05, 4.69) is 35.3 Å². The molecule has 2 aromatic rings. The molecule has 4 nitrogen and oxygen atoms in total. The molecule has 0 saturated carbocycles. The van der Waals surface area contributed by atoms with E-state index in [1.807, 2.05) is 4.90 Å². The van der Waals surface area contributed by atoms with Gasteiger partial charge in [0.1, 0.15) is 0 Å². The summed E-state index contributed by atoms with van der Waals surface area (Å²) in [7, 11) is 0. The highest BCUT2D eigenvalue weighted by Gasteiger charge is 2.23. The Hall–Kier alpha value is -2.20. The van der Waals surface area contributed by atoms with Crippen molar-refractivity contribution in [3.05, 3.63) is 66.0 Å². The van der Waals surface area contributed by atoms with Crippen molar-refractivity contribution in [3.8, 4) is 0 Å². The molecule has 1 amide bonds. The molecule has 1 N–H and O–H groups in total. The van der Waals surface area contributed by atoms with Crippen LogP contribution in [0, 0.1) is 0 Å². The summed E-state index contributed by atoms with van der Waals surface area (Å²) < 4.78 is 0. The van der Waals surface area contributed by atoms with Crippen LogP contribution >= 0.6 is 0 Å². The lowest BCUT2D eigenvalue weighted by Gasteiger charge is -2.32. The molecule has 0 unspecified atom stereocenters. The van der Waals surface area contributed by atoms with Gasteiger partial charge in [-0.1, -0.05) is 30.3 Å². The Balaban J connectivity index is 1.41. The second-order valence-electron chi connectivity index (χ2n) is 6.12. The Labute approximate surface area is 137 Å². The minimum absolute atomic E-state index is 0.135. The SMILES string of the molecule is O=C(c1ccncc1)N1CC[NH+](CCCc2ccccc2)CC1. The molecule has 1 aliphatic heterocycles. The van der Waals surface area contributed by atoms with Crippen LogP contribution in [-0.2, 0) is 6.42 Å². The molecular formula is C19H24N3O+. The maximum absolute atomic E-state index is 12.4. The van der Waals surface area contributed by atoms with Crippen LogP contribution in [0.25, 0.3) is 0 Å². The van der Waals surface area contributed by atoms with Crippen LogP contribution in [0.1, 0.15) is 22.3 Å². The lowest BCUT2D eigenvalue weighted by Crippen LogP contribution is -3.14. The lowest BCUT2D eigenvalue weighted by atomic mass is 10.1. The van der Waals surface area contributed by atoms with Gasteiger partial charge in [-0.05, 0) is 24.1 Å². The highest BCUT2D eigenvalue weighted by Crippen LogP contribution is 2.04. The average molecular weight is 310 g/mol. The fourth-order valence-electron chi connectivity index (χ4n) is 3.14. The lowest BCUT2D eigenvalue weighted by molar-refractivity contribution is -0.904. The van der Waals surface area contributed by atoms with Crippen molar-refractivity contribution in [1.82, 2.24) is 9.88 Å². The minimum Gasteiger partial charge on any atom is -0.332 e. The van der Waals surface area contributed by atoms with Crippen molar-refractivity contribution in [2.24, 2.45) is 0 Å². The number of pyridine rings is 1. The zero-order valence-corrected chi connectivity index (χ0v) is 13.4. The van der Waals surface area contributed by atoms with E-state index in [-0.39, 0.29) is 5.91 Å². The van der Waals surface area contributed by atoms with E-state index in [0.717, 1.165) is 38.2 Å². The number of nitrogens with zero attached hydrogens (tertiary/aromatic N) is 2. The zero-order valence-electron chi connectivity index (χ0n) is 13.4. The summed E-state index contributed by atoms with van der Waals surface area (Å²) in [5.41, 5.74) is 2.16. The molecule has 4 heteroatoms. The van der Waals surface area contributed by atoms with Crippen LogP contribution in [0.15, 0.2) is 54.9 Å². The van der Waals surface area contributed by atoms with Gasteiger partial charge in [-0.15, -0.1) is 0 Å². The predicted octanol–water partition coefficient (Wildman–Crippen LogP) is 1.06. The van der Waals surface area contributed by atoms with Crippen molar-refractivity contribution in [3.63, 3.8) is 0 Å². The van der Waals surface area contributed by atoms with E-state index >= 15 is 0 Å². The normalized spacial score (nSPS) is 15.6. The van der Waals surface area contributed by atoms with Gasteiger partial charge in [0.15, 0.2) is 0 Å². The van der Waals surface area contributed by atoms with Gasteiger partial charge in [-0.3, -0.25) is 9.78 Å². The van der Waals surface area contributed by atoms with Gasteiger partial charge < -0.3 is 9.80 Å². The van der Waals surface area contributed by atoms with Gasteiger partial charge in [0.05, 0.1) is 32.7 Å². The van der Waals surface area contributed by atoms with Gasteiger partial charge in [-0.2, -0.15) is 0 Å². The second kappa shape index (κ2) is 7.88. The van der Waals surface area contributed by atoms with E-state index in [9.17, 15) is 4.79 Å². The Kier molecular flexibility index (Phi) is 5.37. The summed E-state index contributed by atoms with van der Waals surface area (Å²) in [6, 6.07) is 14.2. The topological polar surface area (TPSA) is 37.6 Å². The van der Waals surface area contributed by atoms with Crippen LogP contribution in [0.2, 0.25) is 0 Å². The molecule has 1 aromatic heterocycles. The molecule has 0 bridgehead atoms. The number of hydrogen-bond donors (Lipinski definition) is 1. The maximum atomic E-state index is 12.4. The molecule has 1 aromatic carbocycles. The Bertz CT molecular complexity index is 607. The van der Waals surface area contributed by atoms with Crippen molar-refractivity contribution < 1.29 is 9.69 Å². The Morgan fingerprint density at radius 1 is 1.04 bits per heavy atom. The van der Waals surface area contributed by atoms with Crippen molar-refractivity contribution in [1.29, 1.82) is 0 Å². The predicted molar refractivity (Wildman–Crippen MR) is 90.5 cm³/mol. The van der Waals surface area contributed by atoms with E-state index in [4.69, 9.17) is 0 Å². The maximum Gasteiger partial charge on any atom is 0.254 e. The number of piperazine rings is 1. The van der Waals surface area contributed by atoms with E-state index in [1.54, 1.807) is 29.4 Å². The minimum atomic E-state index is 0.135. The standard InChI is InChI=1S/C19H23N3O/c23-19(18-8-10-20-11-9-18)22-15-13-21(14-16-22)12-4-7-17-5-2-1-3-6-17/h1-3,5-6,8-11H,4,7,12-16H2/p+1. The molecule has 0 radical (unpaired) electrons. The first-order chi connectivity index (χ1) is 11.3. The number of hydrogen-bond acceptors (Lipinski definition) is 2. The molecule has 0 atom stereocenters. The van der Waals surface area contributed by atoms with Crippen LogP contribution in [0.4, 0.5) is 0 Å². The summed E-state index contributed by atoms with van der Waals surface area (Å²) in [4.78, 5) is 19.9. The van der Waals surface area contributed by atoms with Crippen molar-refractivity contribution in [2.45, 2.75) is 12.8 Å². The molecule has 120 valence electrons. The molecule has 23 heavy (non-hydrogen) atoms. The highest BCUT2D eigenvalue weighted by molar-refractivity contribution is 5.94. The third-order valence-electron chi connectivity index (χ3n) is 4.52. The molecule has 3 rings (SSSR count). The van der Waals surface area contributed by atoms with Crippen LogP contribution in [-0.4, -0.2) is 48.5 Å². The van der Waals surface area contributed by atoms with Gasteiger partial charge in [-0.25, -0.2) is 0 Å². The molecule has 0 spiro atoms. The van der Waals surface area contributed by atoms with E-state index in [1.165, 1.54) is 18.5 Å². The number of aromatic nitrogens is 1. The van der Waals surface area contributed by atoms with Gasteiger partial charge >= 0.3 is 0 Å². The Morgan fingerprint density at radius 2 is 1.74 bits per heavy atom. The third kappa shape index (κ3) is 4.39. The number of carbonyl (C=O) groups excluding carboxylic acids is 1. The number of nitrogens with one attached hydrogen (secondary N) is 1. The summed E-state index contributed by atoms with van der Waals surface area (Å²) in [6.07, 6.45) is 5.71. The number of amides is 1. The largest absolute Gasteiger partial charge is 0.332 e. The van der Waals surface area contributed by atoms with E-state index in [0.29, 0.717) is 0 Å². The van der Waals surface area contributed by atoms with Crippen LogP contribution < -0.4 is 4.90 Å². The van der Waals surface area contributed by atoms with Crippen molar-refractivity contribution in [2.75, 3.05) is 32.7 Å². The monoisotopic (exact) mass is 310 g/mol. The molecule has 1 saturated heterocycles. The zero-order chi connectivity index (χ0) is 15.9. The average Bonchev–Trinajstić information content (AvgIpc) is 2.63. The number of rotatable bonds is 5. The molecule has 1 fully saturated rings. The fraction of sp³-hybridized carbons (Fsp3) is 0.368. The quantitative estimate of drug-likeness (QED) is 0.896. The number of aryl methyl sites for hydroxylation is 1. The van der Waals surface area contributed by atoms with E-state index < -0.39 is 0 Å². The molecule has 2 heterocycles. The summed E-state index contributed by atoms with van der Waals surface area (Å²) in [5, 5.41) is 0. The fourth-order valence-corrected chi connectivity index (χ4v) is 3.14. The van der Waals surface area contributed by atoms with Crippen molar-refractivity contribution >= 4 is 5.91 Å². The number of quaternary nitrogens is 1. The smallest absolute Gasteiger partial charge is 0.254 e. The first kappa shape index (κ1) is 15.7. The first-order valence-corrected chi connectivity index (χ1v) is 8.40. The summed E-state index contributed by atoms with van der Waals surface area (Å²) in [6.45, 7) is 4.98. The number of benzene rings is 1. The first-order valence-electron chi connectivity index (χ1n) is 8.40. The third-order valence-corrected chi connectivity index (χ3v) is 4.52.